The molecule has 104 valence electrons. The maximum atomic E-state index is 3.67. The van der Waals surface area contributed by atoms with Crippen molar-refractivity contribution in [3.8, 4) is 0 Å². The Morgan fingerprint density at radius 2 is 1.10 bits per heavy atom. The molecule has 3 rings (SSSR count). The van der Waals surface area contributed by atoms with E-state index in [-0.39, 0.29) is 0 Å². The molecule has 1 aliphatic rings. The molecule has 0 bridgehead atoms. The normalized spacial score (nSPS) is 31.6. The standard InChI is InChI=1S/C15H16P2Se3/c1-15(2)16(18,13-9-5-3-6-10-13)20-17(15,19)14-11-7-4-8-12-14/h3-12H,1-2H3. The SMILES string of the molecule is CC1(C)[P+]([Se-])(c2ccccc2)[Se][P+]1([Se-])c1ccccc1. The summed E-state index contributed by atoms with van der Waals surface area (Å²) in [6.45, 7) is 4.96. The van der Waals surface area contributed by atoms with E-state index in [0.29, 0.717) is 19.0 Å². The van der Waals surface area contributed by atoms with Crippen LogP contribution in [0.4, 0.5) is 0 Å². The Morgan fingerprint density at radius 3 is 1.40 bits per heavy atom. The first kappa shape index (κ1) is 15.7. The van der Waals surface area contributed by atoms with Crippen LogP contribution in [-0.2, 0) is 0 Å². The van der Waals surface area contributed by atoms with Crippen LogP contribution in [0, 0.1) is 0 Å². The Morgan fingerprint density at radius 1 is 0.750 bits per heavy atom. The summed E-state index contributed by atoms with van der Waals surface area (Å²) in [6.07, 6.45) is 0. The quantitative estimate of drug-likeness (QED) is 0.444. The van der Waals surface area contributed by atoms with Crippen molar-refractivity contribution in [2.45, 2.75) is 18.7 Å². The van der Waals surface area contributed by atoms with Crippen LogP contribution in [0.5, 0.6) is 0 Å². The van der Waals surface area contributed by atoms with Crippen LogP contribution in [0.1, 0.15) is 13.8 Å². The molecule has 2 aromatic carbocycles. The summed E-state index contributed by atoms with van der Waals surface area (Å²) in [5.41, 5.74) is 0. The predicted octanol–water partition coefficient (Wildman–Crippen LogP) is 3.12. The van der Waals surface area contributed by atoms with E-state index in [4.69, 9.17) is 0 Å². The minimum atomic E-state index is -1.13. The van der Waals surface area contributed by atoms with E-state index in [1.165, 1.54) is 0 Å². The summed E-state index contributed by atoms with van der Waals surface area (Å²) in [5, 5.41) is 3.12. The summed E-state index contributed by atoms with van der Waals surface area (Å²) in [7, 11) is 0. The Bertz CT molecular complexity index is 564. The molecule has 5 heteroatoms. The van der Waals surface area contributed by atoms with Crippen molar-refractivity contribution in [2.75, 3.05) is 0 Å². The fourth-order valence-electron chi connectivity index (χ4n) is 2.48. The van der Waals surface area contributed by atoms with E-state index < -0.39 is 9.28 Å². The molecular formula is C15H16P2Se3. The Labute approximate surface area is 143 Å². The predicted molar refractivity (Wildman–Crippen MR) is 97.3 cm³/mol. The van der Waals surface area contributed by atoms with Gasteiger partial charge in [0.05, 0.1) is 0 Å². The first-order valence-electron chi connectivity index (χ1n) is 6.45. The van der Waals surface area contributed by atoms with E-state index in [2.05, 4.69) is 106 Å². The summed E-state index contributed by atoms with van der Waals surface area (Å²) in [5.74, 6) is 0. The molecular weight excluding hydrogens is 479 g/mol. The zero-order valence-corrected chi connectivity index (χ0v) is 18.3. The van der Waals surface area contributed by atoms with Crippen LogP contribution < -0.4 is 10.6 Å². The van der Waals surface area contributed by atoms with Crippen LogP contribution in [0.3, 0.4) is 0 Å². The second-order valence-electron chi connectivity index (χ2n) is 5.35. The van der Waals surface area contributed by atoms with E-state index in [9.17, 15) is 0 Å². The topological polar surface area (TPSA) is 0 Å². The molecule has 0 spiro atoms. The molecule has 2 atom stereocenters. The van der Waals surface area contributed by atoms with Crippen LogP contribution in [0.15, 0.2) is 60.7 Å². The molecule has 2 aromatic rings. The van der Waals surface area contributed by atoms with Crippen LogP contribution in [0.2, 0.25) is 0 Å². The second-order valence-corrected chi connectivity index (χ2v) is 35.7. The maximum absolute atomic E-state index is 3.67. The van der Waals surface area contributed by atoms with Crippen molar-refractivity contribution in [2.24, 2.45) is 0 Å². The number of hydrogen-bond donors (Lipinski definition) is 0. The van der Waals surface area contributed by atoms with Crippen LogP contribution in [0.25, 0.3) is 0 Å². The van der Waals surface area contributed by atoms with E-state index in [1.54, 1.807) is 10.6 Å². The Kier molecular flexibility index (Phi) is 4.32. The van der Waals surface area contributed by atoms with E-state index >= 15 is 0 Å². The number of hydrogen-bond acceptors (Lipinski definition) is 0. The van der Waals surface area contributed by atoms with Gasteiger partial charge in [0.15, 0.2) is 0 Å². The summed E-state index contributed by atoms with van der Waals surface area (Å²) in [4.78, 5) is 0.378. The minimum absolute atomic E-state index is 0.378. The molecule has 20 heavy (non-hydrogen) atoms. The van der Waals surface area contributed by atoms with Crippen molar-refractivity contribution in [3.05, 3.63) is 60.7 Å². The van der Waals surface area contributed by atoms with Crippen molar-refractivity contribution >= 4 is 65.1 Å². The second kappa shape index (κ2) is 5.49. The molecule has 1 fully saturated rings. The molecule has 1 heterocycles. The Hall–Kier alpha value is 0.858. The molecule has 2 unspecified atom stereocenters. The van der Waals surface area contributed by atoms with Crippen molar-refractivity contribution < 1.29 is 0 Å². The zero-order valence-electron chi connectivity index (χ0n) is 11.4. The first-order valence-corrected chi connectivity index (χ1v) is 18.9. The fourth-order valence-corrected chi connectivity index (χ4v) is 74.4. The van der Waals surface area contributed by atoms with Gasteiger partial charge in [-0.05, 0) is 0 Å². The van der Waals surface area contributed by atoms with Gasteiger partial charge in [0.25, 0.3) is 0 Å². The molecule has 0 N–H and O–H groups in total. The molecule has 1 aliphatic heterocycles. The third-order valence-corrected chi connectivity index (χ3v) is 54.6. The Balaban J connectivity index is 2.03. The molecule has 0 radical (unpaired) electrons. The first-order chi connectivity index (χ1) is 9.42. The zero-order chi connectivity index (χ0) is 14.4. The van der Waals surface area contributed by atoms with Crippen LogP contribution in [-0.4, -0.2) is 50.1 Å². The molecule has 0 aliphatic carbocycles. The molecule has 0 aromatic heterocycles. The van der Waals surface area contributed by atoms with E-state index in [0.717, 1.165) is 0 Å². The van der Waals surface area contributed by atoms with Gasteiger partial charge in [-0.15, -0.1) is 0 Å². The van der Waals surface area contributed by atoms with Gasteiger partial charge >= 0.3 is 145 Å². The van der Waals surface area contributed by atoms with Gasteiger partial charge in [0, 0.05) is 0 Å². The molecule has 1 saturated heterocycles. The summed E-state index contributed by atoms with van der Waals surface area (Å²) >= 11 is 8.00. The number of rotatable bonds is 2. The van der Waals surface area contributed by atoms with Gasteiger partial charge in [0.1, 0.15) is 0 Å². The summed E-state index contributed by atoms with van der Waals surface area (Å²) < 4.78 is -2.26. The van der Waals surface area contributed by atoms with Crippen molar-refractivity contribution in [3.63, 3.8) is 0 Å². The monoisotopic (exact) mass is 498 g/mol. The van der Waals surface area contributed by atoms with Crippen molar-refractivity contribution in [1.82, 2.24) is 0 Å². The third kappa shape index (κ3) is 2.15. The average molecular weight is 495 g/mol. The van der Waals surface area contributed by atoms with Gasteiger partial charge < -0.3 is 0 Å². The third-order valence-electron chi connectivity index (χ3n) is 3.86. The van der Waals surface area contributed by atoms with Gasteiger partial charge in [-0.1, -0.05) is 0 Å². The van der Waals surface area contributed by atoms with E-state index in [1.807, 2.05) is 0 Å². The van der Waals surface area contributed by atoms with Crippen molar-refractivity contribution in [1.29, 1.82) is 0 Å². The number of benzene rings is 2. The summed E-state index contributed by atoms with van der Waals surface area (Å²) in [6, 6.07) is 22.2. The van der Waals surface area contributed by atoms with Gasteiger partial charge in [-0.25, -0.2) is 0 Å². The molecule has 0 saturated carbocycles. The molecule has 0 nitrogen and oxygen atoms in total. The van der Waals surface area contributed by atoms with Gasteiger partial charge in [0.2, 0.25) is 0 Å². The van der Waals surface area contributed by atoms with Crippen LogP contribution >= 0.6 is 9.28 Å². The average Bonchev–Trinajstić information content (AvgIpc) is 2.48. The fraction of sp³-hybridized carbons (Fsp3) is 0.200. The van der Waals surface area contributed by atoms with Gasteiger partial charge in [-0.2, -0.15) is 0 Å². The molecule has 0 amide bonds. The van der Waals surface area contributed by atoms with Gasteiger partial charge in [-0.3, -0.25) is 0 Å².